The number of nitrogens with zero attached hydrogens (tertiary/aromatic N) is 3. The molecule has 1 aromatic carbocycles. The molecule has 2 aromatic rings. The molecule has 5 nitrogen and oxygen atoms in total. The first-order chi connectivity index (χ1) is 7.99. The highest BCUT2D eigenvalue weighted by atomic mass is 19.2. The zero-order valence-corrected chi connectivity index (χ0v) is 9.24. The second-order valence-electron chi connectivity index (χ2n) is 3.65. The molecule has 0 unspecified atom stereocenters. The minimum Gasteiger partial charge on any atom is -0.398 e. The number of anilines is 2. The molecule has 7 heteroatoms. The zero-order valence-electron chi connectivity index (χ0n) is 9.24. The van der Waals surface area contributed by atoms with E-state index in [1.165, 1.54) is 0 Å². The predicted octanol–water partition coefficient (Wildman–Crippen LogP) is 1.66. The maximum atomic E-state index is 13.1. The van der Waals surface area contributed by atoms with Crippen molar-refractivity contribution in [2.24, 2.45) is 0 Å². The standard InChI is InChI=1S/C10H10F2N4O/c1-16(2)10-14-9(17-15-10)5-3-6(11)7(12)4-8(5)13/h3-4H,13H2,1-2H3. The van der Waals surface area contributed by atoms with Crippen molar-refractivity contribution in [1.82, 2.24) is 10.1 Å². The number of nitrogens with two attached hydrogens (primary N) is 1. The van der Waals surface area contributed by atoms with Crippen LogP contribution in [0.4, 0.5) is 20.4 Å². The van der Waals surface area contributed by atoms with Gasteiger partial charge in [-0.2, -0.15) is 4.98 Å². The number of hydrogen-bond donors (Lipinski definition) is 1. The normalized spacial score (nSPS) is 10.6. The van der Waals surface area contributed by atoms with E-state index in [0.29, 0.717) is 5.95 Å². The third-order valence-electron chi connectivity index (χ3n) is 2.14. The van der Waals surface area contributed by atoms with Crippen molar-refractivity contribution in [1.29, 1.82) is 0 Å². The fourth-order valence-electron chi connectivity index (χ4n) is 1.25. The van der Waals surface area contributed by atoms with Gasteiger partial charge in [-0.05, 0) is 11.2 Å². The van der Waals surface area contributed by atoms with Gasteiger partial charge < -0.3 is 15.2 Å². The second-order valence-corrected chi connectivity index (χ2v) is 3.65. The van der Waals surface area contributed by atoms with E-state index in [1.54, 1.807) is 19.0 Å². The van der Waals surface area contributed by atoms with Crippen LogP contribution >= 0.6 is 0 Å². The maximum Gasteiger partial charge on any atom is 0.265 e. The summed E-state index contributed by atoms with van der Waals surface area (Å²) in [6.07, 6.45) is 0. The van der Waals surface area contributed by atoms with Crippen molar-refractivity contribution < 1.29 is 13.3 Å². The molecule has 0 radical (unpaired) electrons. The molecule has 2 N–H and O–H groups in total. The quantitative estimate of drug-likeness (QED) is 0.808. The lowest BCUT2D eigenvalue weighted by Gasteiger charge is -2.03. The molecule has 0 fully saturated rings. The molecule has 0 spiro atoms. The predicted molar refractivity (Wildman–Crippen MR) is 58.4 cm³/mol. The first-order valence-electron chi connectivity index (χ1n) is 4.75. The van der Waals surface area contributed by atoms with Gasteiger partial charge in [0.15, 0.2) is 11.6 Å². The SMILES string of the molecule is CN(C)c1noc(-c2cc(F)c(F)cc2N)n1. The van der Waals surface area contributed by atoms with E-state index < -0.39 is 11.6 Å². The Morgan fingerprint density at radius 3 is 2.47 bits per heavy atom. The molecule has 0 saturated heterocycles. The van der Waals surface area contributed by atoms with Crippen LogP contribution in [0.2, 0.25) is 0 Å². The van der Waals surface area contributed by atoms with Gasteiger partial charge in [0.25, 0.3) is 11.8 Å². The maximum absolute atomic E-state index is 13.1. The van der Waals surface area contributed by atoms with Crippen LogP contribution in [0.5, 0.6) is 0 Å². The summed E-state index contributed by atoms with van der Waals surface area (Å²) in [5, 5.41) is 3.65. The van der Waals surface area contributed by atoms with Crippen molar-refractivity contribution >= 4 is 11.6 Å². The summed E-state index contributed by atoms with van der Waals surface area (Å²) in [5.74, 6) is -1.66. The third-order valence-corrected chi connectivity index (χ3v) is 2.14. The van der Waals surface area contributed by atoms with Crippen LogP contribution < -0.4 is 10.6 Å². The fourth-order valence-corrected chi connectivity index (χ4v) is 1.25. The first-order valence-corrected chi connectivity index (χ1v) is 4.75. The van der Waals surface area contributed by atoms with Gasteiger partial charge in [0.05, 0.1) is 5.56 Å². The van der Waals surface area contributed by atoms with Crippen molar-refractivity contribution in [3.8, 4) is 11.5 Å². The first kappa shape index (κ1) is 11.3. The summed E-state index contributed by atoms with van der Waals surface area (Å²) >= 11 is 0. The molecule has 2 rings (SSSR count). The van der Waals surface area contributed by atoms with Gasteiger partial charge in [0.2, 0.25) is 0 Å². The molecule has 0 saturated carbocycles. The average Bonchev–Trinajstić information content (AvgIpc) is 2.72. The monoisotopic (exact) mass is 240 g/mol. The molecular formula is C10H10F2N4O. The Balaban J connectivity index is 2.49. The average molecular weight is 240 g/mol. The minimum absolute atomic E-state index is 0.0397. The van der Waals surface area contributed by atoms with Crippen molar-refractivity contribution in [2.45, 2.75) is 0 Å². The Morgan fingerprint density at radius 1 is 1.24 bits per heavy atom. The molecule has 0 aliphatic carbocycles. The second kappa shape index (κ2) is 4.00. The van der Waals surface area contributed by atoms with E-state index in [2.05, 4.69) is 10.1 Å². The molecule has 0 aliphatic heterocycles. The molecule has 0 atom stereocenters. The van der Waals surface area contributed by atoms with Gasteiger partial charge in [-0.1, -0.05) is 0 Å². The van der Waals surface area contributed by atoms with Crippen LogP contribution in [0.15, 0.2) is 16.7 Å². The van der Waals surface area contributed by atoms with Gasteiger partial charge in [0.1, 0.15) is 0 Å². The molecule has 0 amide bonds. The van der Waals surface area contributed by atoms with E-state index in [1.807, 2.05) is 0 Å². The number of halogens is 2. The van der Waals surface area contributed by atoms with Crippen LogP contribution in [0, 0.1) is 11.6 Å². The number of hydrogen-bond acceptors (Lipinski definition) is 5. The van der Waals surface area contributed by atoms with E-state index >= 15 is 0 Å². The Hall–Kier alpha value is -2.18. The zero-order chi connectivity index (χ0) is 12.6. The summed E-state index contributed by atoms with van der Waals surface area (Å²) in [4.78, 5) is 5.60. The van der Waals surface area contributed by atoms with Crippen molar-refractivity contribution in [3.05, 3.63) is 23.8 Å². The molecule has 17 heavy (non-hydrogen) atoms. The Labute approximate surface area is 95.8 Å². The molecule has 0 aliphatic rings. The Bertz CT molecular complexity index is 553. The number of rotatable bonds is 2. The summed E-state index contributed by atoms with van der Waals surface area (Å²) in [6, 6.07) is 1.81. The summed E-state index contributed by atoms with van der Waals surface area (Å²) in [5.41, 5.74) is 5.77. The Kier molecular flexibility index (Phi) is 2.66. The topological polar surface area (TPSA) is 68.2 Å². The smallest absolute Gasteiger partial charge is 0.265 e. The lowest BCUT2D eigenvalue weighted by molar-refractivity contribution is 0.430. The highest BCUT2D eigenvalue weighted by molar-refractivity contribution is 5.70. The number of nitrogen functional groups attached to an aromatic ring is 1. The van der Waals surface area contributed by atoms with Crippen LogP contribution in [0.1, 0.15) is 0 Å². The molecule has 90 valence electrons. The largest absolute Gasteiger partial charge is 0.398 e. The highest BCUT2D eigenvalue weighted by Gasteiger charge is 2.16. The number of aromatic nitrogens is 2. The summed E-state index contributed by atoms with van der Waals surface area (Å²) in [7, 11) is 3.45. The fraction of sp³-hybridized carbons (Fsp3) is 0.200. The lowest BCUT2D eigenvalue weighted by Crippen LogP contribution is -2.10. The number of benzene rings is 1. The minimum atomic E-state index is -1.02. The van der Waals surface area contributed by atoms with Gasteiger partial charge in [-0.3, -0.25) is 0 Å². The van der Waals surface area contributed by atoms with Crippen LogP contribution in [-0.2, 0) is 0 Å². The third kappa shape index (κ3) is 2.03. The van der Waals surface area contributed by atoms with Crippen LogP contribution in [0.3, 0.4) is 0 Å². The summed E-state index contributed by atoms with van der Waals surface area (Å²) < 4.78 is 30.9. The highest BCUT2D eigenvalue weighted by Crippen LogP contribution is 2.27. The van der Waals surface area contributed by atoms with Gasteiger partial charge >= 0.3 is 0 Å². The Morgan fingerprint density at radius 2 is 1.88 bits per heavy atom. The lowest BCUT2D eigenvalue weighted by atomic mass is 10.1. The van der Waals surface area contributed by atoms with Crippen molar-refractivity contribution in [3.63, 3.8) is 0 Å². The van der Waals surface area contributed by atoms with Crippen molar-refractivity contribution in [2.75, 3.05) is 24.7 Å². The van der Waals surface area contributed by atoms with E-state index in [-0.39, 0.29) is 17.1 Å². The van der Waals surface area contributed by atoms with E-state index in [9.17, 15) is 8.78 Å². The molecular weight excluding hydrogens is 230 g/mol. The van der Waals surface area contributed by atoms with Gasteiger partial charge in [0, 0.05) is 25.8 Å². The molecule has 1 heterocycles. The molecule has 1 aromatic heterocycles. The van der Waals surface area contributed by atoms with Gasteiger partial charge in [-0.15, -0.1) is 0 Å². The van der Waals surface area contributed by atoms with E-state index in [0.717, 1.165) is 12.1 Å². The summed E-state index contributed by atoms with van der Waals surface area (Å²) in [6.45, 7) is 0. The van der Waals surface area contributed by atoms with Gasteiger partial charge in [-0.25, -0.2) is 8.78 Å². The van der Waals surface area contributed by atoms with Crippen LogP contribution in [-0.4, -0.2) is 24.2 Å². The van der Waals surface area contributed by atoms with Crippen LogP contribution in [0.25, 0.3) is 11.5 Å². The van der Waals surface area contributed by atoms with E-state index in [4.69, 9.17) is 10.3 Å². The molecule has 0 bridgehead atoms.